The van der Waals surface area contributed by atoms with Crippen LogP contribution in [0.15, 0.2) is 18.2 Å². The van der Waals surface area contributed by atoms with Crippen LogP contribution in [0.5, 0.6) is 0 Å². The summed E-state index contributed by atoms with van der Waals surface area (Å²) < 4.78 is 0. The van der Waals surface area contributed by atoms with Crippen LogP contribution in [0, 0.1) is 11.8 Å². The second kappa shape index (κ2) is 8.71. The molecule has 32 heavy (non-hydrogen) atoms. The zero-order chi connectivity index (χ0) is 22.2. The highest BCUT2D eigenvalue weighted by Gasteiger charge is 2.23. The number of carbonyl (C=O) groups excluding carboxylic acids is 2. The van der Waals surface area contributed by atoms with E-state index in [0.29, 0.717) is 22.1 Å². The third-order valence-electron chi connectivity index (χ3n) is 6.03. The molecule has 2 aliphatic carbocycles. The van der Waals surface area contributed by atoms with Crippen molar-refractivity contribution in [2.45, 2.75) is 52.4 Å². The maximum atomic E-state index is 12.7. The van der Waals surface area contributed by atoms with Gasteiger partial charge in [-0.15, -0.1) is 22.7 Å². The van der Waals surface area contributed by atoms with Gasteiger partial charge in [-0.3, -0.25) is 20.2 Å². The maximum absolute atomic E-state index is 12.7. The van der Waals surface area contributed by atoms with E-state index in [0.717, 1.165) is 49.9 Å². The normalized spacial score (nSPS) is 19.7. The van der Waals surface area contributed by atoms with Crippen LogP contribution in [0.25, 0.3) is 0 Å². The van der Waals surface area contributed by atoms with E-state index < -0.39 is 0 Å². The molecule has 0 spiro atoms. The number of aromatic nitrogens is 3. The Kier molecular flexibility index (Phi) is 5.77. The molecule has 0 fully saturated rings. The molecule has 2 amide bonds. The number of rotatable bonds is 4. The van der Waals surface area contributed by atoms with E-state index in [1.807, 2.05) is 0 Å². The van der Waals surface area contributed by atoms with Crippen LogP contribution in [0.4, 0.5) is 10.3 Å². The van der Waals surface area contributed by atoms with Gasteiger partial charge in [0.25, 0.3) is 11.8 Å². The zero-order valence-electron chi connectivity index (χ0n) is 18.1. The molecule has 2 atom stereocenters. The van der Waals surface area contributed by atoms with Gasteiger partial charge in [0.05, 0.1) is 11.4 Å². The van der Waals surface area contributed by atoms with Crippen molar-refractivity contribution in [3.8, 4) is 0 Å². The second-order valence-electron chi connectivity index (χ2n) is 8.79. The summed E-state index contributed by atoms with van der Waals surface area (Å²) in [6.07, 6.45) is 6.19. The average Bonchev–Trinajstić information content (AvgIpc) is 3.35. The molecule has 3 aromatic heterocycles. The smallest absolute Gasteiger partial charge is 0.276 e. The van der Waals surface area contributed by atoms with Crippen molar-refractivity contribution in [3.63, 3.8) is 0 Å². The summed E-state index contributed by atoms with van der Waals surface area (Å²) in [5.41, 5.74) is 2.55. The van der Waals surface area contributed by atoms with Crippen LogP contribution >= 0.6 is 22.7 Å². The third-order valence-corrected chi connectivity index (χ3v) is 8.10. The number of aryl methyl sites for hydroxylation is 2. The van der Waals surface area contributed by atoms with E-state index in [2.05, 4.69) is 39.4 Å². The Labute approximate surface area is 194 Å². The standard InChI is InChI=1S/C23H25N5O2S2/c1-12-6-8-14-18(10-12)31-22(25-14)27-20(29)16-4-3-5-17(24-16)21(30)28-23-26-15-9-7-13(2)11-19(15)32-23/h3-5,12-13H,6-11H2,1-2H3,(H,25,27,29)(H,26,28,30)/t12-,13+. The molecule has 3 heterocycles. The number of amides is 2. The molecule has 166 valence electrons. The van der Waals surface area contributed by atoms with Crippen molar-refractivity contribution in [1.29, 1.82) is 0 Å². The Bertz CT molecular complexity index is 1100. The third kappa shape index (κ3) is 4.45. The van der Waals surface area contributed by atoms with E-state index in [4.69, 9.17) is 0 Å². The van der Waals surface area contributed by atoms with E-state index in [1.54, 1.807) is 18.2 Å². The minimum Gasteiger partial charge on any atom is -0.296 e. The van der Waals surface area contributed by atoms with E-state index in [9.17, 15) is 9.59 Å². The van der Waals surface area contributed by atoms with Gasteiger partial charge in [0, 0.05) is 9.75 Å². The quantitative estimate of drug-likeness (QED) is 0.577. The molecule has 7 nitrogen and oxygen atoms in total. The average molecular weight is 468 g/mol. The van der Waals surface area contributed by atoms with Gasteiger partial charge >= 0.3 is 0 Å². The van der Waals surface area contributed by atoms with Crippen molar-refractivity contribution in [3.05, 3.63) is 50.7 Å². The predicted octanol–water partition coefficient (Wildman–Crippen LogP) is 4.75. The number of nitrogens with zero attached hydrogens (tertiary/aromatic N) is 3. The summed E-state index contributed by atoms with van der Waals surface area (Å²) in [4.78, 5) is 41.4. The minimum atomic E-state index is -0.363. The first-order valence-corrected chi connectivity index (χ1v) is 12.6. The molecule has 0 bridgehead atoms. The van der Waals surface area contributed by atoms with Crippen molar-refractivity contribution < 1.29 is 9.59 Å². The van der Waals surface area contributed by atoms with Crippen LogP contribution in [0.2, 0.25) is 0 Å². The molecule has 5 rings (SSSR count). The molecule has 0 aliphatic heterocycles. The number of carbonyl (C=O) groups is 2. The molecule has 3 aromatic rings. The van der Waals surface area contributed by atoms with Gasteiger partial charge in [-0.05, 0) is 62.5 Å². The lowest BCUT2D eigenvalue weighted by Gasteiger charge is -2.15. The van der Waals surface area contributed by atoms with Gasteiger partial charge in [-0.2, -0.15) is 0 Å². The Hall–Kier alpha value is -2.65. The molecule has 9 heteroatoms. The molecule has 0 saturated heterocycles. The van der Waals surface area contributed by atoms with Crippen LogP contribution < -0.4 is 10.6 Å². The Morgan fingerprint density at radius 2 is 1.28 bits per heavy atom. The van der Waals surface area contributed by atoms with E-state index in [-0.39, 0.29) is 23.2 Å². The van der Waals surface area contributed by atoms with E-state index in [1.165, 1.54) is 32.4 Å². The SMILES string of the molecule is C[C@@H]1CCc2nc(NC(=O)c3cccc(C(=O)Nc4nc5c(s4)C[C@@H](C)CC5)n3)sc2C1. The fraction of sp³-hybridized carbons (Fsp3) is 0.435. The minimum absolute atomic E-state index is 0.187. The number of hydrogen-bond acceptors (Lipinski definition) is 7. The van der Waals surface area contributed by atoms with E-state index >= 15 is 0 Å². The summed E-state index contributed by atoms with van der Waals surface area (Å²) in [6.45, 7) is 4.48. The van der Waals surface area contributed by atoms with Gasteiger partial charge in [0.2, 0.25) is 0 Å². The molecule has 2 N–H and O–H groups in total. The summed E-state index contributed by atoms with van der Waals surface area (Å²) in [7, 11) is 0. The topological polar surface area (TPSA) is 96.9 Å². The van der Waals surface area contributed by atoms with Gasteiger partial charge in [0.1, 0.15) is 11.4 Å². The Morgan fingerprint density at radius 1 is 0.812 bits per heavy atom. The van der Waals surface area contributed by atoms with Crippen molar-refractivity contribution in [1.82, 2.24) is 15.0 Å². The maximum Gasteiger partial charge on any atom is 0.276 e. The van der Waals surface area contributed by atoms with Crippen LogP contribution in [0.1, 0.15) is 68.8 Å². The van der Waals surface area contributed by atoms with Crippen LogP contribution in [0.3, 0.4) is 0 Å². The molecule has 0 saturated carbocycles. The lowest BCUT2D eigenvalue weighted by Crippen LogP contribution is -2.18. The summed E-state index contributed by atoms with van der Waals surface area (Å²) in [5, 5.41) is 6.88. The monoisotopic (exact) mass is 467 g/mol. The van der Waals surface area contributed by atoms with Gasteiger partial charge in [0.15, 0.2) is 10.3 Å². The highest BCUT2D eigenvalue weighted by Crippen LogP contribution is 2.33. The number of fused-ring (bicyclic) bond motifs is 2. The van der Waals surface area contributed by atoms with Gasteiger partial charge in [-0.1, -0.05) is 19.9 Å². The first-order valence-electron chi connectivity index (χ1n) is 11.0. The summed E-state index contributed by atoms with van der Waals surface area (Å²) >= 11 is 3.06. The number of nitrogens with one attached hydrogen (secondary N) is 2. The molecular weight excluding hydrogens is 442 g/mol. The molecule has 0 radical (unpaired) electrons. The Morgan fingerprint density at radius 3 is 1.75 bits per heavy atom. The Balaban J connectivity index is 1.27. The number of thiazole rings is 2. The zero-order valence-corrected chi connectivity index (χ0v) is 19.7. The van der Waals surface area contributed by atoms with Crippen molar-refractivity contribution >= 4 is 44.8 Å². The van der Waals surface area contributed by atoms with Gasteiger partial charge < -0.3 is 0 Å². The highest BCUT2D eigenvalue weighted by molar-refractivity contribution is 7.16. The van der Waals surface area contributed by atoms with Crippen LogP contribution in [-0.2, 0) is 25.7 Å². The predicted molar refractivity (Wildman–Crippen MR) is 127 cm³/mol. The lowest BCUT2D eigenvalue weighted by atomic mass is 9.93. The fourth-order valence-electron chi connectivity index (χ4n) is 4.20. The molecule has 0 unspecified atom stereocenters. The number of pyridine rings is 1. The molecule has 0 aromatic carbocycles. The first-order chi connectivity index (χ1) is 15.4. The first kappa shape index (κ1) is 21.2. The van der Waals surface area contributed by atoms with Crippen molar-refractivity contribution in [2.24, 2.45) is 11.8 Å². The van der Waals surface area contributed by atoms with Crippen molar-refractivity contribution in [2.75, 3.05) is 10.6 Å². The largest absolute Gasteiger partial charge is 0.296 e. The lowest BCUT2D eigenvalue weighted by molar-refractivity contribution is 0.101. The number of anilines is 2. The fourth-order valence-corrected chi connectivity index (χ4v) is 6.53. The van der Waals surface area contributed by atoms with Crippen LogP contribution in [-0.4, -0.2) is 26.8 Å². The molecular formula is C23H25N5O2S2. The summed E-state index contributed by atoms with van der Waals surface area (Å²) in [6, 6.07) is 4.87. The summed E-state index contributed by atoms with van der Waals surface area (Å²) in [5.74, 6) is 0.570. The highest BCUT2D eigenvalue weighted by atomic mass is 32.1. The second-order valence-corrected chi connectivity index (χ2v) is 11.0. The van der Waals surface area contributed by atoms with Gasteiger partial charge in [-0.25, -0.2) is 15.0 Å². The number of hydrogen-bond donors (Lipinski definition) is 2. The molecule has 2 aliphatic rings.